The maximum Gasteiger partial charge on any atom is 0.407 e. The average molecular weight is 233 g/mol. The van der Waals surface area contributed by atoms with Gasteiger partial charge >= 0.3 is 6.09 Å². The third kappa shape index (κ3) is 3.96. The van der Waals surface area contributed by atoms with Crippen LogP contribution in [0.25, 0.3) is 0 Å². The predicted molar refractivity (Wildman–Crippen MR) is 56.0 cm³/mol. The molecule has 1 amide bonds. The van der Waals surface area contributed by atoms with Gasteiger partial charge in [0.25, 0.3) is 0 Å². The molecule has 0 aliphatic carbocycles. The molecule has 2 N–H and O–H groups in total. The quantitative estimate of drug-likeness (QED) is 0.711. The Bertz CT molecular complexity index is 227. The van der Waals surface area contributed by atoms with Crippen molar-refractivity contribution in [2.75, 3.05) is 26.4 Å². The Balaban J connectivity index is 2.39. The zero-order valence-corrected chi connectivity index (χ0v) is 9.69. The zero-order chi connectivity index (χ0) is 12.0. The van der Waals surface area contributed by atoms with Crippen LogP contribution in [0.1, 0.15) is 20.3 Å². The fourth-order valence-corrected chi connectivity index (χ4v) is 1.62. The van der Waals surface area contributed by atoms with Gasteiger partial charge in [0.05, 0.1) is 32.5 Å². The van der Waals surface area contributed by atoms with Gasteiger partial charge in [-0.05, 0) is 13.8 Å². The standard InChI is InChI=1S/C10H19NO5/c1-3-14-9(13)11-8(7-12)6-10(2)15-4-5-16-10/h8,12H,3-7H2,1-2H3,(H,11,13)/t8-/m0/s1. The first-order chi connectivity index (χ1) is 7.59. The largest absolute Gasteiger partial charge is 0.450 e. The van der Waals surface area contributed by atoms with Crippen LogP contribution < -0.4 is 5.32 Å². The second-order valence-corrected chi connectivity index (χ2v) is 3.78. The first kappa shape index (κ1) is 13.2. The number of ether oxygens (including phenoxy) is 3. The van der Waals surface area contributed by atoms with Crippen LogP contribution in [0.15, 0.2) is 0 Å². The zero-order valence-electron chi connectivity index (χ0n) is 9.69. The minimum absolute atomic E-state index is 0.179. The molecule has 0 aromatic heterocycles. The minimum atomic E-state index is -0.729. The van der Waals surface area contributed by atoms with E-state index in [2.05, 4.69) is 5.32 Å². The normalized spacial score (nSPS) is 20.4. The molecule has 1 rings (SSSR count). The van der Waals surface area contributed by atoms with Crippen molar-refractivity contribution < 1.29 is 24.1 Å². The van der Waals surface area contributed by atoms with E-state index in [1.807, 2.05) is 0 Å². The summed E-state index contributed by atoms with van der Waals surface area (Å²) in [6, 6.07) is -0.429. The van der Waals surface area contributed by atoms with Crippen LogP contribution in [-0.4, -0.2) is 49.5 Å². The number of rotatable bonds is 5. The van der Waals surface area contributed by atoms with E-state index in [0.29, 0.717) is 26.2 Å². The number of carbonyl (C=O) groups is 1. The molecule has 1 atom stereocenters. The summed E-state index contributed by atoms with van der Waals surface area (Å²) in [7, 11) is 0. The van der Waals surface area contributed by atoms with Crippen LogP contribution in [0.2, 0.25) is 0 Å². The van der Waals surface area contributed by atoms with Crippen molar-refractivity contribution >= 4 is 6.09 Å². The summed E-state index contributed by atoms with van der Waals surface area (Å²) < 4.78 is 15.5. The van der Waals surface area contributed by atoms with Crippen LogP contribution in [0, 0.1) is 0 Å². The van der Waals surface area contributed by atoms with Gasteiger partial charge in [0.1, 0.15) is 0 Å². The van der Waals surface area contributed by atoms with Crippen LogP contribution in [0.3, 0.4) is 0 Å². The highest BCUT2D eigenvalue weighted by Crippen LogP contribution is 2.23. The molecule has 1 aliphatic heterocycles. The highest BCUT2D eigenvalue weighted by Gasteiger charge is 2.34. The lowest BCUT2D eigenvalue weighted by Crippen LogP contribution is -2.44. The molecule has 0 aromatic rings. The number of aliphatic hydroxyl groups is 1. The summed E-state index contributed by atoms with van der Waals surface area (Å²) in [4.78, 5) is 11.2. The molecular weight excluding hydrogens is 214 g/mol. The summed E-state index contributed by atoms with van der Waals surface area (Å²) >= 11 is 0. The van der Waals surface area contributed by atoms with E-state index >= 15 is 0 Å². The highest BCUT2D eigenvalue weighted by atomic mass is 16.7. The Kier molecular flexibility index (Phi) is 4.98. The summed E-state index contributed by atoms with van der Waals surface area (Å²) in [6.45, 7) is 4.70. The fraction of sp³-hybridized carbons (Fsp3) is 0.900. The number of aliphatic hydroxyl groups excluding tert-OH is 1. The van der Waals surface area contributed by atoms with Crippen LogP contribution in [-0.2, 0) is 14.2 Å². The Morgan fingerprint density at radius 2 is 2.19 bits per heavy atom. The first-order valence-corrected chi connectivity index (χ1v) is 5.41. The van der Waals surface area contributed by atoms with Crippen LogP contribution in [0.4, 0.5) is 4.79 Å². The van der Waals surface area contributed by atoms with Crippen LogP contribution >= 0.6 is 0 Å². The van der Waals surface area contributed by atoms with Crippen molar-refractivity contribution in [2.24, 2.45) is 0 Å². The monoisotopic (exact) mass is 233 g/mol. The number of alkyl carbamates (subject to hydrolysis) is 1. The van der Waals surface area contributed by atoms with E-state index in [1.54, 1.807) is 13.8 Å². The molecule has 0 bridgehead atoms. The van der Waals surface area contributed by atoms with Gasteiger partial charge in [-0.25, -0.2) is 4.79 Å². The highest BCUT2D eigenvalue weighted by molar-refractivity contribution is 5.67. The Morgan fingerprint density at radius 1 is 1.56 bits per heavy atom. The number of nitrogens with one attached hydrogen (secondary N) is 1. The first-order valence-electron chi connectivity index (χ1n) is 5.41. The SMILES string of the molecule is CCOC(=O)N[C@H](CO)CC1(C)OCCO1. The van der Waals surface area contributed by atoms with Gasteiger partial charge < -0.3 is 24.6 Å². The molecule has 0 unspecified atom stereocenters. The smallest absolute Gasteiger partial charge is 0.407 e. The molecule has 1 saturated heterocycles. The van der Waals surface area contributed by atoms with Crippen molar-refractivity contribution in [3.8, 4) is 0 Å². The number of hydrogen-bond donors (Lipinski definition) is 2. The lowest BCUT2D eigenvalue weighted by Gasteiger charge is -2.27. The number of hydrogen-bond acceptors (Lipinski definition) is 5. The molecule has 1 fully saturated rings. The summed E-state index contributed by atoms with van der Waals surface area (Å²) in [5, 5.41) is 11.7. The second-order valence-electron chi connectivity index (χ2n) is 3.78. The van der Waals surface area contributed by atoms with E-state index in [0.717, 1.165) is 0 Å². The van der Waals surface area contributed by atoms with Crippen molar-refractivity contribution in [3.05, 3.63) is 0 Å². The molecule has 6 heteroatoms. The van der Waals surface area contributed by atoms with Crippen molar-refractivity contribution in [2.45, 2.75) is 32.1 Å². The van der Waals surface area contributed by atoms with Gasteiger partial charge in [-0.15, -0.1) is 0 Å². The summed E-state index contributed by atoms with van der Waals surface area (Å²) in [6.07, 6.45) is -0.148. The molecular formula is C10H19NO5. The molecule has 0 aromatic carbocycles. The van der Waals surface area contributed by atoms with Gasteiger partial charge in [-0.3, -0.25) is 0 Å². The Morgan fingerprint density at radius 3 is 2.69 bits per heavy atom. The van der Waals surface area contributed by atoms with Crippen molar-refractivity contribution in [3.63, 3.8) is 0 Å². The van der Waals surface area contributed by atoms with Crippen molar-refractivity contribution in [1.29, 1.82) is 0 Å². The summed E-state index contributed by atoms with van der Waals surface area (Å²) in [5.74, 6) is -0.729. The third-order valence-electron chi connectivity index (χ3n) is 2.33. The summed E-state index contributed by atoms with van der Waals surface area (Å²) in [5.41, 5.74) is 0. The van der Waals surface area contributed by atoms with Crippen LogP contribution in [0.5, 0.6) is 0 Å². The maximum absolute atomic E-state index is 11.2. The predicted octanol–water partition coefficient (Wildman–Crippen LogP) is 0.246. The third-order valence-corrected chi connectivity index (χ3v) is 2.33. The van der Waals surface area contributed by atoms with Gasteiger partial charge in [-0.2, -0.15) is 0 Å². The lowest BCUT2D eigenvalue weighted by atomic mass is 10.1. The molecule has 0 radical (unpaired) electrons. The van der Waals surface area contributed by atoms with E-state index < -0.39 is 17.9 Å². The van der Waals surface area contributed by atoms with Gasteiger partial charge in [0.15, 0.2) is 5.79 Å². The molecule has 1 aliphatic rings. The van der Waals surface area contributed by atoms with E-state index in [4.69, 9.17) is 19.3 Å². The van der Waals surface area contributed by atoms with E-state index in [9.17, 15) is 4.79 Å². The maximum atomic E-state index is 11.2. The second kappa shape index (κ2) is 6.03. The van der Waals surface area contributed by atoms with Gasteiger partial charge in [0, 0.05) is 6.42 Å². The molecule has 6 nitrogen and oxygen atoms in total. The molecule has 94 valence electrons. The minimum Gasteiger partial charge on any atom is -0.450 e. The molecule has 0 saturated carbocycles. The van der Waals surface area contributed by atoms with E-state index in [1.165, 1.54) is 0 Å². The molecule has 0 spiro atoms. The molecule has 16 heavy (non-hydrogen) atoms. The van der Waals surface area contributed by atoms with Gasteiger partial charge in [-0.1, -0.05) is 0 Å². The fourth-order valence-electron chi connectivity index (χ4n) is 1.62. The average Bonchev–Trinajstić information content (AvgIpc) is 2.64. The van der Waals surface area contributed by atoms with Gasteiger partial charge in [0.2, 0.25) is 0 Å². The Hall–Kier alpha value is -0.850. The number of amides is 1. The lowest BCUT2D eigenvalue weighted by molar-refractivity contribution is -0.152. The number of carbonyl (C=O) groups excluding carboxylic acids is 1. The molecule has 1 heterocycles. The topological polar surface area (TPSA) is 77.0 Å². The van der Waals surface area contributed by atoms with Crippen molar-refractivity contribution in [1.82, 2.24) is 5.32 Å². The Labute approximate surface area is 94.9 Å². The van der Waals surface area contributed by atoms with E-state index in [-0.39, 0.29) is 6.61 Å².